The summed E-state index contributed by atoms with van der Waals surface area (Å²) in [7, 11) is 0. The van der Waals surface area contributed by atoms with Gasteiger partial charge in [0.25, 0.3) is 0 Å². The van der Waals surface area contributed by atoms with Crippen molar-refractivity contribution in [3.05, 3.63) is 83.6 Å². The largest absolute Gasteiger partial charge is 0.444 e. The van der Waals surface area contributed by atoms with Gasteiger partial charge in [-0.25, -0.2) is 19.7 Å². The zero-order chi connectivity index (χ0) is 34.2. The Morgan fingerprint density at radius 1 is 1.04 bits per heavy atom. The van der Waals surface area contributed by atoms with Crippen molar-refractivity contribution in [1.29, 1.82) is 0 Å². The smallest absolute Gasteiger partial charge is 0.410 e. The lowest BCUT2D eigenvalue weighted by atomic mass is 10.1. The van der Waals surface area contributed by atoms with Crippen molar-refractivity contribution >= 4 is 28.9 Å². The van der Waals surface area contributed by atoms with Crippen molar-refractivity contribution < 1.29 is 19.4 Å². The molecule has 1 amide bonds. The van der Waals surface area contributed by atoms with E-state index in [9.17, 15) is 9.90 Å². The number of nitrogens with one attached hydrogen (secondary N) is 2. The van der Waals surface area contributed by atoms with Crippen LogP contribution in [0.25, 0.3) is 22.3 Å². The molecule has 2 aliphatic rings. The molecule has 3 atom stereocenters. The van der Waals surface area contributed by atoms with Crippen LogP contribution in [-0.4, -0.2) is 77.4 Å². The van der Waals surface area contributed by atoms with Crippen LogP contribution in [-0.2, 0) is 9.47 Å². The third kappa shape index (κ3) is 7.96. The van der Waals surface area contributed by atoms with Crippen LogP contribution in [0.3, 0.4) is 0 Å². The van der Waals surface area contributed by atoms with Crippen LogP contribution in [0.5, 0.6) is 0 Å². The first-order valence-corrected chi connectivity index (χ1v) is 17.3. The average molecular weight is 669 g/mol. The van der Waals surface area contributed by atoms with Gasteiger partial charge in [-0.3, -0.25) is 4.90 Å². The zero-order valence-corrected chi connectivity index (χ0v) is 29.3. The minimum atomic E-state index is -1.08. The molecule has 10 nitrogen and oxygen atoms in total. The first kappa shape index (κ1) is 33.8. The monoisotopic (exact) mass is 668 g/mol. The first-order valence-electron chi connectivity index (χ1n) is 16.3. The average Bonchev–Trinajstić information content (AvgIpc) is 3.78. The Kier molecular flexibility index (Phi) is 9.46. The lowest BCUT2D eigenvalue weighted by molar-refractivity contribution is -0.241. The molecule has 252 valence electrons. The molecule has 3 unspecified atom stereocenters. The van der Waals surface area contributed by atoms with E-state index in [2.05, 4.69) is 33.4 Å². The number of rotatable bonds is 5. The summed E-state index contributed by atoms with van der Waals surface area (Å²) < 4.78 is 11.5. The molecule has 2 aliphatic heterocycles. The van der Waals surface area contributed by atoms with Gasteiger partial charge in [-0.05, 0) is 90.3 Å². The molecule has 0 saturated carbocycles. The van der Waals surface area contributed by atoms with Crippen molar-refractivity contribution in [2.75, 3.05) is 18.8 Å². The maximum atomic E-state index is 12.8. The second kappa shape index (κ2) is 13.4. The fourth-order valence-electron chi connectivity index (χ4n) is 5.83. The van der Waals surface area contributed by atoms with Crippen LogP contribution in [0.15, 0.2) is 60.8 Å². The fraction of sp³-hybridized carbons (Fsp3) is 0.432. The van der Waals surface area contributed by atoms with Crippen LogP contribution in [0, 0.1) is 11.8 Å². The van der Waals surface area contributed by atoms with Crippen molar-refractivity contribution in [1.82, 2.24) is 29.7 Å². The molecule has 4 aromatic rings. The Hall–Kier alpha value is -4.08. The number of hydrogen-bond acceptors (Lipinski definition) is 8. The van der Waals surface area contributed by atoms with E-state index in [0.717, 1.165) is 69.2 Å². The molecule has 4 heterocycles. The van der Waals surface area contributed by atoms with Gasteiger partial charge in [0.2, 0.25) is 6.41 Å². The molecule has 0 aliphatic carbocycles. The molecule has 3 N–H and O–H groups in total. The van der Waals surface area contributed by atoms with E-state index in [1.165, 1.54) is 0 Å². The number of imidazole rings is 2. The number of likely N-dealkylation sites (tertiary alicyclic amines) is 1. The number of H-pyrrole nitrogens is 2. The summed E-state index contributed by atoms with van der Waals surface area (Å²) in [5.41, 5.74) is 5.33. The van der Waals surface area contributed by atoms with Gasteiger partial charge >= 0.3 is 6.09 Å². The predicted molar refractivity (Wildman–Crippen MR) is 189 cm³/mol. The van der Waals surface area contributed by atoms with Crippen LogP contribution < -0.4 is 0 Å². The number of aliphatic hydroxyl groups excluding tert-OH is 1. The molecule has 6 rings (SSSR count). The van der Waals surface area contributed by atoms with Crippen molar-refractivity contribution in [2.45, 2.75) is 83.4 Å². The lowest BCUT2D eigenvalue weighted by Gasteiger charge is -2.39. The number of hydrogen-bond donors (Lipinski definition) is 3. The summed E-state index contributed by atoms with van der Waals surface area (Å²) in [5.74, 6) is 8.85. The molecule has 2 aromatic carbocycles. The van der Waals surface area contributed by atoms with Gasteiger partial charge in [0, 0.05) is 30.0 Å². The van der Waals surface area contributed by atoms with Crippen molar-refractivity contribution in [3.63, 3.8) is 0 Å². The number of amides is 1. The maximum absolute atomic E-state index is 12.8. The minimum absolute atomic E-state index is 0.138. The molecule has 0 spiro atoms. The molecular formula is C37H44N6O4S. The van der Waals surface area contributed by atoms with Crippen LogP contribution in [0.4, 0.5) is 4.79 Å². The Labute approximate surface area is 286 Å². The van der Waals surface area contributed by atoms with E-state index in [-0.39, 0.29) is 17.5 Å². The molecule has 48 heavy (non-hydrogen) atoms. The molecule has 2 saturated heterocycles. The Morgan fingerprint density at radius 2 is 1.77 bits per heavy atom. The standard InChI is InChI=1S/C37H44N6O4S/c1-23-21-43(35(45)47-37(5,6)7)33(48-22-23)32-38-20-29(41-32)26-15-12-24(13-16-26)10-11-25-14-17-27-28(19-25)40-31(39-27)30-9-8-18-42(30)34(44)46-36(2,3)4/h12-17,19-20,30,33,35,45H,1,8-9,18,21-22H2,2-7H3,(H,38,41)(H,39,40). The highest BCUT2D eigenvalue weighted by molar-refractivity contribution is 7.99. The van der Waals surface area contributed by atoms with Crippen LogP contribution in [0.2, 0.25) is 0 Å². The summed E-state index contributed by atoms with van der Waals surface area (Å²) in [6, 6.07) is 13.8. The second-order valence-corrected chi connectivity index (χ2v) is 15.4. The topological polar surface area (TPSA) is 120 Å². The number of aromatic amines is 2. The van der Waals surface area contributed by atoms with Gasteiger partial charge in [0.15, 0.2) is 0 Å². The SMILES string of the molecule is C=C1CSC(c2ncc(-c3ccc(C#Cc4ccc5nc(C6CCCN6C(=O)OC(C)(C)C)[nH]c5c4)cc3)[nH]2)N(C(O)OC(C)(C)C)C1. The fourth-order valence-corrected chi connectivity index (χ4v) is 6.97. The van der Waals surface area contributed by atoms with Gasteiger partial charge in [-0.15, -0.1) is 11.8 Å². The van der Waals surface area contributed by atoms with Crippen molar-refractivity contribution in [3.8, 4) is 23.1 Å². The van der Waals surface area contributed by atoms with Gasteiger partial charge in [-0.1, -0.05) is 36.1 Å². The Bertz CT molecular complexity index is 1860. The summed E-state index contributed by atoms with van der Waals surface area (Å²) in [4.78, 5) is 32.8. The number of nitrogens with zero attached hydrogens (tertiary/aromatic N) is 4. The summed E-state index contributed by atoms with van der Waals surface area (Å²) >= 11 is 1.66. The van der Waals surface area contributed by atoms with Gasteiger partial charge < -0.3 is 24.5 Å². The molecule has 0 radical (unpaired) electrons. The highest BCUT2D eigenvalue weighted by atomic mass is 32.2. The van der Waals surface area contributed by atoms with E-state index in [0.29, 0.717) is 13.1 Å². The number of ether oxygens (including phenoxy) is 2. The van der Waals surface area contributed by atoms with Gasteiger partial charge in [0.1, 0.15) is 22.6 Å². The number of thioether (sulfide) groups is 1. The number of aromatic nitrogens is 4. The summed E-state index contributed by atoms with van der Waals surface area (Å²) in [6.45, 7) is 16.7. The van der Waals surface area contributed by atoms with Crippen molar-refractivity contribution in [2.24, 2.45) is 0 Å². The third-order valence-electron chi connectivity index (χ3n) is 7.97. The van der Waals surface area contributed by atoms with E-state index < -0.39 is 17.6 Å². The van der Waals surface area contributed by atoms with Crippen LogP contribution in [0.1, 0.15) is 88.6 Å². The zero-order valence-electron chi connectivity index (χ0n) is 28.5. The van der Waals surface area contributed by atoms with E-state index >= 15 is 0 Å². The highest BCUT2D eigenvalue weighted by Crippen LogP contribution is 2.39. The number of carbonyl (C=O) groups is 1. The summed E-state index contributed by atoms with van der Waals surface area (Å²) in [5, 5.41) is 10.7. The number of fused-ring (bicyclic) bond motifs is 1. The normalized spacial score (nSPS) is 19.7. The third-order valence-corrected chi connectivity index (χ3v) is 9.35. The molecular weight excluding hydrogens is 625 g/mol. The number of carbonyl (C=O) groups excluding carboxylic acids is 1. The van der Waals surface area contributed by atoms with Gasteiger partial charge in [0.05, 0.1) is 34.6 Å². The van der Waals surface area contributed by atoms with E-state index in [1.54, 1.807) is 16.7 Å². The Balaban J connectivity index is 1.13. The minimum Gasteiger partial charge on any atom is -0.444 e. The first-order chi connectivity index (χ1) is 22.7. The highest BCUT2D eigenvalue weighted by Gasteiger charge is 2.36. The lowest BCUT2D eigenvalue weighted by Crippen LogP contribution is -2.46. The Morgan fingerprint density at radius 3 is 2.50 bits per heavy atom. The van der Waals surface area contributed by atoms with E-state index in [4.69, 9.17) is 14.5 Å². The number of aliphatic hydroxyl groups is 1. The molecule has 11 heteroatoms. The van der Waals surface area contributed by atoms with Crippen LogP contribution >= 0.6 is 11.8 Å². The predicted octanol–water partition coefficient (Wildman–Crippen LogP) is 7.12. The molecule has 0 bridgehead atoms. The summed E-state index contributed by atoms with van der Waals surface area (Å²) in [6.07, 6.45) is 2.18. The quantitative estimate of drug-likeness (QED) is 0.117. The van der Waals surface area contributed by atoms with E-state index in [1.807, 2.05) is 95.1 Å². The maximum Gasteiger partial charge on any atom is 0.410 e. The van der Waals surface area contributed by atoms with Gasteiger partial charge in [-0.2, -0.15) is 0 Å². The molecule has 2 aromatic heterocycles. The molecule has 2 fully saturated rings. The number of benzene rings is 2. The second-order valence-electron chi connectivity index (χ2n) is 14.3.